The third-order valence-electron chi connectivity index (χ3n) is 5.78. The molecule has 0 aliphatic rings. The minimum Gasteiger partial charge on any atom is -0.256 e. The van der Waals surface area contributed by atoms with Crippen molar-refractivity contribution >= 4 is 42.3 Å². The Morgan fingerprint density at radius 1 is 0.966 bits per heavy atom. The second-order valence-corrected chi connectivity index (χ2v) is 8.46. The number of aromatic nitrogens is 1. The van der Waals surface area contributed by atoms with Crippen LogP contribution in [0.25, 0.3) is 42.2 Å². The lowest BCUT2D eigenvalue weighted by Gasteiger charge is -2.17. The van der Waals surface area contributed by atoms with Crippen LogP contribution in [0.2, 0.25) is 0 Å². The summed E-state index contributed by atoms with van der Waals surface area (Å²) in [5.41, 5.74) is 2.44. The molecule has 0 fully saturated rings. The van der Waals surface area contributed by atoms with Crippen molar-refractivity contribution in [2.24, 2.45) is 0 Å². The Kier molecular flexibility index (Phi) is 3.59. The summed E-state index contributed by atoms with van der Waals surface area (Å²) in [6.45, 7) is 1.58. The average molecular weight is 400 g/mol. The minimum absolute atomic E-state index is 0.180. The number of rotatable bonds is 4. The van der Waals surface area contributed by atoms with Gasteiger partial charge in [-0.3, -0.25) is 4.98 Å². The number of nitrogens with zero attached hydrogens (tertiary/aromatic N) is 1. The molecule has 0 bridgehead atoms. The van der Waals surface area contributed by atoms with Crippen molar-refractivity contribution < 1.29 is 5.48 Å². The van der Waals surface area contributed by atoms with E-state index in [1.807, 2.05) is 32.0 Å². The molecule has 0 spiro atoms. The lowest BCUT2D eigenvalue weighted by Crippen LogP contribution is -2.00. The number of fused-ring (bicyclic) bond motifs is 4. The Morgan fingerprint density at radius 3 is 2.52 bits per heavy atom. The summed E-state index contributed by atoms with van der Waals surface area (Å²) in [4.78, 5) is 4.60. The molecule has 5 aromatic rings. The van der Waals surface area contributed by atoms with E-state index in [2.05, 4.69) is 47.4 Å². The van der Waals surface area contributed by atoms with Gasteiger partial charge in [0.1, 0.15) is 0 Å². The van der Waals surface area contributed by atoms with Gasteiger partial charge in [0.05, 0.1) is 5.69 Å². The Labute approximate surface area is 181 Å². The number of hydrogen-bond donors (Lipinski definition) is 0. The second-order valence-electron chi connectivity index (χ2n) is 7.41. The quantitative estimate of drug-likeness (QED) is 0.295. The van der Waals surface area contributed by atoms with E-state index in [4.69, 9.17) is 5.48 Å². The van der Waals surface area contributed by atoms with Crippen LogP contribution in [0.1, 0.15) is 49.2 Å². The summed E-state index contributed by atoms with van der Waals surface area (Å²) in [5, 5.41) is 4.81. The maximum absolute atomic E-state index is 9.00. The largest absolute Gasteiger partial charge is 0.256 e. The van der Waals surface area contributed by atoms with Crippen LogP contribution in [0.15, 0.2) is 66.9 Å². The van der Waals surface area contributed by atoms with E-state index < -0.39 is 12.7 Å². The zero-order chi connectivity index (χ0) is 23.4. The first-order valence-corrected chi connectivity index (χ1v) is 10.9. The maximum atomic E-state index is 9.00. The van der Waals surface area contributed by atoms with Gasteiger partial charge in [-0.15, -0.1) is 11.3 Å². The fraction of sp³-hybridized carbons (Fsp3) is 0.222. The predicted molar refractivity (Wildman–Crippen MR) is 128 cm³/mol. The van der Waals surface area contributed by atoms with Crippen LogP contribution >= 0.6 is 11.3 Å². The summed E-state index contributed by atoms with van der Waals surface area (Å²) in [7, 11) is 0. The van der Waals surface area contributed by atoms with Crippen molar-refractivity contribution in [2.75, 3.05) is 0 Å². The highest BCUT2D eigenvalue weighted by atomic mass is 32.1. The molecule has 0 amide bonds. The van der Waals surface area contributed by atoms with Crippen molar-refractivity contribution in [3.05, 3.63) is 78.0 Å². The molecule has 2 aromatic heterocycles. The molecule has 0 aliphatic carbocycles. The lowest BCUT2D eigenvalue weighted by molar-refractivity contribution is 0.637. The fourth-order valence-electron chi connectivity index (χ4n) is 4.21. The normalized spacial score (nSPS) is 14.7. The number of hydrogen-bond acceptors (Lipinski definition) is 2. The van der Waals surface area contributed by atoms with Gasteiger partial charge in [-0.05, 0) is 65.7 Å². The monoisotopic (exact) mass is 399 g/mol. The smallest absolute Gasteiger partial charge is 0.0719 e. The van der Waals surface area contributed by atoms with Crippen molar-refractivity contribution in [1.82, 2.24) is 4.98 Å². The maximum Gasteiger partial charge on any atom is 0.0719 e. The number of aryl methyl sites for hydroxylation is 1. The van der Waals surface area contributed by atoms with E-state index in [0.29, 0.717) is 18.4 Å². The molecule has 2 heterocycles. The van der Waals surface area contributed by atoms with Gasteiger partial charge in [0, 0.05) is 37.4 Å². The lowest BCUT2D eigenvalue weighted by atomic mass is 9.90. The Balaban J connectivity index is 1.77. The molecule has 144 valence electrons. The van der Waals surface area contributed by atoms with Crippen LogP contribution in [0.3, 0.4) is 0 Å². The van der Waals surface area contributed by atoms with E-state index in [-0.39, 0.29) is 5.56 Å². The Hall–Kier alpha value is -2.71. The number of pyridine rings is 1. The molecule has 3 aromatic carbocycles. The fourth-order valence-corrected chi connectivity index (χ4v) is 5.47. The van der Waals surface area contributed by atoms with Gasteiger partial charge >= 0.3 is 0 Å². The molecule has 0 radical (unpaired) electrons. The van der Waals surface area contributed by atoms with Gasteiger partial charge in [-0.25, -0.2) is 0 Å². The van der Waals surface area contributed by atoms with Crippen LogP contribution in [-0.4, -0.2) is 4.98 Å². The molecule has 2 heteroatoms. The summed E-state index contributed by atoms with van der Waals surface area (Å²) in [6.07, 6.45) is 2.54. The van der Waals surface area contributed by atoms with Gasteiger partial charge in [0.2, 0.25) is 0 Å². The van der Waals surface area contributed by atoms with Crippen molar-refractivity contribution in [2.45, 2.75) is 39.4 Å². The van der Waals surface area contributed by atoms with Crippen LogP contribution < -0.4 is 0 Å². The van der Waals surface area contributed by atoms with Crippen LogP contribution in [0.5, 0.6) is 0 Å². The molecule has 0 N–H and O–H groups in total. The third kappa shape index (κ3) is 3.03. The highest BCUT2D eigenvalue weighted by Gasteiger charge is 2.15. The zero-order valence-corrected chi connectivity index (χ0v) is 17.4. The summed E-state index contributed by atoms with van der Waals surface area (Å²) in [6, 6.07) is 20.9. The molecule has 1 nitrogen and oxygen atoms in total. The van der Waals surface area contributed by atoms with Gasteiger partial charge in [0.25, 0.3) is 0 Å². The average Bonchev–Trinajstić information content (AvgIpc) is 3.18. The van der Waals surface area contributed by atoms with Gasteiger partial charge < -0.3 is 0 Å². The Morgan fingerprint density at radius 2 is 1.76 bits per heavy atom. The van der Waals surface area contributed by atoms with Gasteiger partial charge in [-0.2, -0.15) is 0 Å². The molecule has 0 saturated carbocycles. The van der Waals surface area contributed by atoms with Crippen molar-refractivity contribution in [3.8, 4) is 11.3 Å². The third-order valence-corrected chi connectivity index (χ3v) is 6.98. The van der Waals surface area contributed by atoms with Crippen LogP contribution in [0.4, 0.5) is 0 Å². The van der Waals surface area contributed by atoms with E-state index in [9.17, 15) is 0 Å². The molecule has 29 heavy (non-hydrogen) atoms. The van der Waals surface area contributed by atoms with Gasteiger partial charge in [-0.1, -0.05) is 56.3 Å². The zero-order valence-electron chi connectivity index (χ0n) is 20.6. The van der Waals surface area contributed by atoms with Crippen molar-refractivity contribution in [1.29, 1.82) is 0 Å². The second kappa shape index (κ2) is 7.27. The van der Waals surface area contributed by atoms with E-state index in [0.717, 1.165) is 16.0 Å². The first-order chi connectivity index (χ1) is 15.7. The van der Waals surface area contributed by atoms with E-state index in [1.165, 1.54) is 32.4 Å². The first kappa shape index (κ1) is 14.3. The van der Waals surface area contributed by atoms with E-state index >= 15 is 0 Å². The molecule has 5 rings (SSSR count). The van der Waals surface area contributed by atoms with E-state index in [1.54, 1.807) is 11.3 Å². The highest BCUT2D eigenvalue weighted by molar-refractivity contribution is 7.26. The predicted octanol–water partition coefficient (Wildman–Crippen LogP) is 8.48. The molecule has 0 unspecified atom stereocenters. The van der Waals surface area contributed by atoms with Gasteiger partial charge in [0.15, 0.2) is 0 Å². The molecule has 0 atom stereocenters. The van der Waals surface area contributed by atoms with Crippen LogP contribution in [0, 0.1) is 6.85 Å². The Bertz CT molecular complexity index is 1500. The first-order valence-electron chi connectivity index (χ1n) is 12.1. The molecular formula is C27H25NS. The number of thiophene rings is 1. The summed E-state index contributed by atoms with van der Waals surface area (Å²) >= 11 is 1.73. The highest BCUT2D eigenvalue weighted by Crippen LogP contribution is 2.41. The summed E-state index contributed by atoms with van der Waals surface area (Å²) < 4.78 is 35.4. The van der Waals surface area contributed by atoms with Crippen LogP contribution in [-0.2, 0) is 0 Å². The topological polar surface area (TPSA) is 12.9 Å². The van der Waals surface area contributed by atoms with Crippen molar-refractivity contribution in [3.63, 3.8) is 0 Å². The number of benzene rings is 3. The standard InChI is InChI=1S/C27H25NS/c1-4-18(5-2)23-15-25(28-16-17(23)3)22-12-8-11-21-24-13-19-9-6-7-10-20(19)14-26(24)29-27(21)22/h6-16,18H,4-5H2,1-3H3/i3D3,18D. The minimum atomic E-state index is -2.30. The SMILES string of the molecule is [2H]C([2H])([2H])c1cnc(-c2cccc3c2sc2cc4ccccc4cc23)cc1C([2H])(CC)CC. The summed E-state index contributed by atoms with van der Waals surface area (Å²) in [5.74, 6) is -0.965. The molecule has 0 saturated heterocycles. The molecular weight excluding hydrogens is 370 g/mol. The molecule has 0 aliphatic heterocycles.